The van der Waals surface area contributed by atoms with Crippen molar-refractivity contribution in [1.29, 1.82) is 0 Å². The second-order valence-corrected chi connectivity index (χ2v) is 6.97. The molecule has 2 N–H and O–H groups in total. The van der Waals surface area contributed by atoms with E-state index < -0.39 is 0 Å². The molecule has 0 atom stereocenters. The number of amides is 1. The lowest BCUT2D eigenvalue weighted by Gasteiger charge is -2.07. The SMILES string of the molecule is COc1ccc(-c2n[nH]c(=S)n2CC(=O)Nc2nc(C)c(C)s2)cc1. The summed E-state index contributed by atoms with van der Waals surface area (Å²) < 4.78 is 7.19. The summed E-state index contributed by atoms with van der Waals surface area (Å²) in [7, 11) is 1.61. The number of benzene rings is 1. The van der Waals surface area contributed by atoms with E-state index in [4.69, 9.17) is 17.0 Å². The zero-order valence-electron chi connectivity index (χ0n) is 14.0. The molecule has 9 heteroatoms. The molecule has 1 amide bonds. The van der Waals surface area contributed by atoms with E-state index >= 15 is 0 Å². The summed E-state index contributed by atoms with van der Waals surface area (Å²) in [5, 5.41) is 10.4. The maximum absolute atomic E-state index is 12.4. The second kappa shape index (κ2) is 7.16. The number of hydrogen-bond acceptors (Lipinski definition) is 6. The quantitative estimate of drug-likeness (QED) is 0.668. The first kappa shape index (κ1) is 17.3. The predicted molar refractivity (Wildman–Crippen MR) is 99.6 cm³/mol. The number of carbonyl (C=O) groups excluding carboxylic acids is 1. The Morgan fingerprint density at radius 1 is 1.36 bits per heavy atom. The molecule has 1 aromatic carbocycles. The molecule has 3 rings (SSSR count). The third kappa shape index (κ3) is 3.77. The van der Waals surface area contributed by atoms with Crippen molar-refractivity contribution in [2.75, 3.05) is 12.4 Å². The number of carbonyl (C=O) groups is 1. The molecule has 0 saturated carbocycles. The number of hydrogen-bond donors (Lipinski definition) is 2. The number of thiazole rings is 1. The monoisotopic (exact) mass is 375 g/mol. The first-order valence-electron chi connectivity index (χ1n) is 7.51. The van der Waals surface area contributed by atoms with Crippen LogP contribution in [0.1, 0.15) is 10.6 Å². The molecule has 7 nitrogen and oxygen atoms in total. The summed E-state index contributed by atoms with van der Waals surface area (Å²) in [5.41, 5.74) is 1.75. The molecule has 2 heterocycles. The Morgan fingerprint density at radius 2 is 2.08 bits per heavy atom. The third-order valence-electron chi connectivity index (χ3n) is 3.68. The lowest BCUT2D eigenvalue weighted by Crippen LogP contribution is -2.19. The molecule has 0 unspecified atom stereocenters. The van der Waals surface area contributed by atoms with Gasteiger partial charge in [0, 0.05) is 10.4 Å². The fourth-order valence-electron chi connectivity index (χ4n) is 2.25. The van der Waals surface area contributed by atoms with Crippen molar-refractivity contribution >= 4 is 34.6 Å². The molecule has 25 heavy (non-hydrogen) atoms. The van der Waals surface area contributed by atoms with E-state index in [1.54, 1.807) is 11.7 Å². The lowest BCUT2D eigenvalue weighted by atomic mass is 10.2. The maximum atomic E-state index is 12.4. The van der Waals surface area contributed by atoms with Crippen LogP contribution in [-0.2, 0) is 11.3 Å². The minimum atomic E-state index is -0.207. The first-order chi connectivity index (χ1) is 12.0. The van der Waals surface area contributed by atoms with Crippen molar-refractivity contribution in [2.24, 2.45) is 0 Å². The number of H-pyrrole nitrogens is 1. The van der Waals surface area contributed by atoms with Gasteiger partial charge in [-0.05, 0) is 50.3 Å². The number of nitrogens with one attached hydrogen (secondary N) is 2. The van der Waals surface area contributed by atoms with Crippen LogP contribution in [0.15, 0.2) is 24.3 Å². The van der Waals surface area contributed by atoms with Gasteiger partial charge in [0.1, 0.15) is 12.3 Å². The second-order valence-electron chi connectivity index (χ2n) is 5.38. The van der Waals surface area contributed by atoms with Crippen molar-refractivity contribution in [3.63, 3.8) is 0 Å². The number of nitrogens with zero attached hydrogens (tertiary/aromatic N) is 3. The van der Waals surface area contributed by atoms with Crippen LogP contribution < -0.4 is 10.1 Å². The Hall–Kier alpha value is -2.52. The van der Waals surface area contributed by atoms with E-state index in [0.717, 1.165) is 21.9 Å². The van der Waals surface area contributed by atoms with Crippen molar-refractivity contribution in [3.05, 3.63) is 39.6 Å². The highest BCUT2D eigenvalue weighted by molar-refractivity contribution is 7.71. The number of rotatable bonds is 5. The van der Waals surface area contributed by atoms with E-state index in [2.05, 4.69) is 20.5 Å². The molecule has 0 saturated heterocycles. The molecule has 2 aromatic heterocycles. The maximum Gasteiger partial charge on any atom is 0.246 e. The Bertz CT molecular complexity index is 936. The standard InChI is InChI=1S/C16H17N5O2S2/c1-9-10(2)25-15(17-9)18-13(22)8-21-14(19-20-16(21)24)11-4-6-12(23-3)7-5-11/h4-7H,8H2,1-3H3,(H,20,24)(H,17,18,22). The van der Waals surface area contributed by atoms with Gasteiger partial charge in [0.15, 0.2) is 15.7 Å². The Morgan fingerprint density at radius 3 is 2.68 bits per heavy atom. The molecular weight excluding hydrogens is 358 g/mol. The van der Waals surface area contributed by atoms with Crippen LogP contribution in [0.3, 0.4) is 0 Å². The van der Waals surface area contributed by atoms with Gasteiger partial charge in [-0.1, -0.05) is 0 Å². The van der Waals surface area contributed by atoms with Crippen molar-refractivity contribution in [2.45, 2.75) is 20.4 Å². The molecule has 0 radical (unpaired) electrons. The Labute approximate surface area is 153 Å². The largest absolute Gasteiger partial charge is 0.497 e. The van der Waals surface area contributed by atoms with Crippen molar-refractivity contribution in [3.8, 4) is 17.1 Å². The fraction of sp³-hybridized carbons (Fsp3) is 0.250. The average Bonchev–Trinajstić information content (AvgIpc) is 3.10. The summed E-state index contributed by atoms with van der Waals surface area (Å²) in [6, 6.07) is 7.40. The van der Waals surface area contributed by atoms with Crippen LogP contribution in [0, 0.1) is 18.6 Å². The molecule has 0 aliphatic heterocycles. The van der Waals surface area contributed by atoms with Gasteiger partial charge >= 0.3 is 0 Å². The van der Waals surface area contributed by atoms with Gasteiger partial charge in [-0.3, -0.25) is 14.5 Å². The van der Waals surface area contributed by atoms with Crippen LogP contribution in [-0.4, -0.2) is 32.8 Å². The molecular formula is C16H17N5O2S2. The molecule has 3 aromatic rings. The predicted octanol–water partition coefficient (Wildman–Crippen LogP) is 3.33. The minimum Gasteiger partial charge on any atom is -0.497 e. The van der Waals surface area contributed by atoms with Crippen molar-refractivity contribution in [1.82, 2.24) is 19.7 Å². The van der Waals surface area contributed by atoms with E-state index in [1.165, 1.54) is 11.3 Å². The van der Waals surface area contributed by atoms with Crippen LogP contribution in [0.25, 0.3) is 11.4 Å². The highest BCUT2D eigenvalue weighted by Gasteiger charge is 2.14. The van der Waals surface area contributed by atoms with Gasteiger partial charge < -0.3 is 10.1 Å². The van der Waals surface area contributed by atoms with Gasteiger partial charge in [0.25, 0.3) is 0 Å². The summed E-state index contributed by atoms with van der Waals surface area (Å²) in [6.45, 7) is 3.93. The topological polar surface area (TPSA) is 84.8 Å². The van der Waals surface area contributed by atoms with Crippen LogP contribution in [0.2, 0.25) is 0 Å². The lowest BCUT2D eigenvalue weighted by molar-refractivity contribution is -0.116. The normalized spacial score (nSPS) is 10.7. The number of aromatic amines is 1. The smallest absolute Gasteiger partial charge is 0.246 e. The summed E-state index contributed by atoms with van der Waals surface area (Å²) in [6.07, 6.45) is 0. The van der Waals surface area contributed by atoms with Crippen LogP contribution in [0.5, 0.6) is 5.75 Å². The van der Waals surface area contributed by atoms with E-state index in [9.17, 15) is 4.79 Å². The molecule has 0 bridgehead atoms. The fourth-order valence-corrected chi connectivity index (χ4v) is 3.28. The van der Waals surface area contributed by atoms with Crippen LogP contribution >= 0.6 is 23.6 Å². The zero-order valence-corrected chi connectivity index (χ0v) is 15.6. The van der Waals surface area contributed by atoms with Gasteiger partial charge in [0.05, 0.1) is 12.8 Å². The first-order valence-corrected chi connectivity index (χ1v) is 8.74. The molecule has 130 valence electrons. The minimum absolute atomic E-state index is 0.0500. The summed E-state index contributed by atoms with van der Waals surface area (Å²) in [4.78, 5) is 17.8. The number of aryl methyl sites for hydroxylation is 2. The summed E-state index contributed by atoms with van der Waals surface area (Å²) >= 11 is 6.71. The van der Waals surface area contributed by atoms with Gasteiger partial charge in [-0.15, -0.1) is 11.3 Å². The number of aromatic nitrogens is 4. The van der Waals surface area contributed by atoms with Gasteiger partial charge in [-0.2, -0.15) is 5.10 Å². The molecule has 0 aliphatic carbocycles. The molecule has 0 fully saturated rings. The van der Waals surface area contributed by atoms with E-state index in [-0.39, 0.29) is 12.5 Å². The van der Waals surface area contributed by atoms with Gasteiger partial charge in [-0.25, -0.2) is 4.98 Å². The number of methoxy groups -OCH3 is 1. The highest BCUT2D eigenvalue weighted by atomic mass is 32.1. The highest BCUT2D eigenvalue weighted by Crippen LogP contribution is 2.22. The van der Waals surface area contributed by atoms with E-state index in [1.807, 2.05) is 38.1 Å². The molecule has 0 aliphatic rings. The van der Waals surface area contributed by atoms with E-state index in [0.29, 0.717) is 15.7 Å². The van der Waals surface area contributed by atoms with Crippen molar-refractivity contribution < 1.29 is 9.53 Å². The van der Waals surface area contributed by atoms with Crippen LogP contribution in [0.4, 0.5) is 5.13 Å². The third-order valence-corrected chi connectivity index (χ3v) is 4.98. The number of ether oxygens (including phenoxy) is 1. The Kier molecular flexibility index (Phi) is 4.95. The number of anilines is 1. The average molecular weight is 375 g/mol. The molecule has 0 spiro atoms. The Balaban J connectivity index is 1.81. The summed E-state index contributed by atoms with van der Waals surface area (Å²) in [5.74, 6) is 1.13. The van der Waals surface area contributed by atoms with Gasteiger partial charge in [0.2, 0.25) is 5.91 Å². The zero-order chi connectivity index (χ0) is 18.0.